The molecule has 0 atom stereocenters. The first-order valence-electron chi connectivity index (χ1n) is 16.4. The van der Waals surface area contributed by atoms with Crippen LogP contribution in [0.5, 0.6) is 0 Å². The van der Waals surface area contributed by atoms with E-state index in [1.165, 1.54) is 48.0 Å². The van der Waals surface area contributed by atoms with Gasteiger partial charge in [-0.15, -0.1) is 11.3 Å². The smallest absolute Gasteiger partial charge is 0.164 e. The lowest BCUT2D eigenvalue weighted by atomic mass is 9.98. The van der Waals surface area contributed by atoms with E-state index >= 15 is 0 Å². The van der Waals surface area contributed by atoms with Crippen molar-refractivity contribution in [2.24, 2.45) is 0 Å². The lowest BCUT2D eigenvalue weighted by molar-refractivity contribution is 1.07. The lowest BCUT2D eigenvalue weighted by Gasteiger charge is -2.10. The van der Waals surface area contributed by atoms with E-state index in [9.17, 15) is 0 Å². The van der Waals surface area contributed by atoms with Crippen molar-refractivity contribution < 1.29 is 0 Å². The van der Waals surface area contributed by atoms with Gasteiger partial charge in [0.05, 0.1) is 0 Å². The highest BCUT2D eigenvalue weighted by atomic mass is 32.1. The van der Waals surface area contributed by atoms with Crippen LogP contribution in [0.3, 0.4) is 0 Å². The highest BCUT2D eigenvalue weighted by Crippen LogP contribution is 2.40. The van der Waals surface area contributed by atoms with Crippen LogP contribution in [0.15, 0.2) is 176 Å². The van der Waals surface area contributed by atoms with Gasteiger partial charge in [0.1, 0.15) is 0 Å². The first-order chi connectivity index (χ1) is 24.3. The number of benzene rings is 7. The van der Waals surface area contributed by atoms with Crippen molar-refractivity contribution >= 4 is 31.5 Å². The minimum Gasteiger partial charge on any atom is -0.208 e. The largest absolute Gasteiger partial charge is 0.208 e. The Hall–Kier alpha value is -6.23. The number of rotatable bonds is 6. The zero-order chi connectivity index (χ0) is 32.6. The van der Waals surface area contributed by atoms with Crippen molar-refractivity contribution in [3.8, 4) is 67.5 Å². The third-order valence-corrected chi connectivity index (χ3v) is 10.1. The Morgan fingerprint density at radius 1 is 0.286 bits per heavy atom. The van der Waals surface area contributed by atoms with Gasteiger partial charge in [-0.2, -0.15) is 0 Å². The fourth-order valence-corrected chi connectivity index (χ4v) is 7.59. The van der Waals surface area contributed by atoms with E-state index < -0.39 is 0 Å². The van der Waals surface area contributed by atoms with E-state index in [-0.39, 0.29) is 0 Å². The Bertz CT molecular complexity index is 2560. The zero-order valence-electron chi connectivity index (χ0n) is 26.5. The van der Waals surface area contributed by atoms with Crippen LogP contribution in [-0.4, -0.2) is 15.0 Å². The van der Waals surface area contributed by atoms with Crippen molar-refractivity contribution in [1.29, 1.82) is 0 Å². The van der Waals surface area contributed by atoms with Crippen LogP contribution in [-0.2, 0) is 0 Å². The Labute approximate surface area is 288 Å². The van der Waals surface area contributed by atoms with Crippen molar-refractivity contribution in [2.45, 2.75) is 0 Å². The van der Waals surface area contributed by atoms with Crippen LogP contribution in [0.4, 0.5) is 0 Å². The van der Waals surface area contributed by atoms with Crippen molar-refractivity contribution in [1.82, 2.24) is 15.0 Å². The summed E-state index contributed by atoms with van der Waals surface area (Å²) in [6, 6.07) is 61.6. The Balaban J connectivity index is 1.07. The molecule has 9 rings (SSSR count). The highest BCUT2D eigenvalue weighted by Gasteiger charge is 2.14. The lowest BCUT2D eigenvalue weighted by Crippen LogP contribution is -2.00. The number of fused-ring (bicyclic) bond motifs is 3. The van der Waals surface area contributed by atoms with Gasteiger partial charge in [0.2, 0.25) is 0 Å². The number of hydrogen-bond acceptors (Lipinski definition) is 4. The zero-order valence-corrected chi connectivity index (χ0v) is 27.3. The Morgan fingerprint density at radius 3 is 1.22 bits per heavy atom. The molecule has 0 amide bonds. The maximum absolute atomic E-state index is 5.01. The van der Waals surface area contributed by atoms with Gasteiger partial charge in [-0.05, 0) is 45.5 Å². The van der Waals surface area contributed by atoms with E-state index in [0.717, 1.165) is 22.3 Å². The molecular formula is C45H29N3S. The molecule has 4 heteroatoms. The Morgan fingerprint density at radius 2 is 0.673 bits per heavy atom. The first kappa shape index (κ1) is 29.0. The molecule has 0 N–H and O–H groups in total. The van der Waals surface area contributed by atoms with Crippen LogP contribution in [0, 0.1) is 0 Å². The second kappa shape index (κ2) is 12.4. The van der Waals surface area contributed by atoms with E-state index in [1.807, 2.05) is 47.7 Å². The molecule has 0 spiro atoms. The van der Waals surface area contributed by atoms with E-state index in [1.54, 1.807) is 0 Å². The molecule has 49 heavy (non-hydrogen) atoms. The van der Waals surface area contributed by atoms with Crippen LogP contribution in [0.2, 0.25) is 0 Å². The van der Waals surface area contributed by atoms with Crippen LogP contribution in [0.25, 0.3) is 87.7 Å². The van der Waals surface area contributed by atoms with E-state index in [4.69, 9.17) is 15.0 Å². The maximum Gasteiger partial charge on any atom is 0.164 e. The summed E-state index contributed by atoms with van der Waals surface area (Å²) in [5, 5.41) is 2.60. The fraction of sp³-hybridized carbons (Fsp3) is 0. The number of aromatic nitrogens is 3. The van der Waals surface area contributed by atoms with Crippen molar-refractivity contribution in [3.63, 3.8) is 0 Å². The highest BCUT2D eigenvalue weighted by molar-refractivity contribution is 7.25. The summed E-state index contributed by atoms with van der Waals surface area (Å²) in [6.07, 6.45) is 0. The van der Waals surface area contributed by atoms with Crippen LogP contribution >= 0.6 is 11.3 Å². The number of hydrogen-bond donors (Lipinski definition) is 0. The van der Waals surface area contributed by atoms with Gasteiger partial charge in [0.15, 0.2) is 17.5 Å². The quantitative estimate of drug-likeness (QED) is 0.181. The summed E-state index contributed by atoms with van der Waals surface area (Å²) < 4.78 is 2.61. The molecule has 0 aliphatic carbocycles. The van der Waals surface area contributed by atoms with Gasteiger partial charge in [0, 0.05) is 36.9 Å². The summed E-state index contributed by atoms with van der Waals surface area (Å²) in [6.45, 7) is 0. The predicted octanol–water partition coefficient (Wildman–Crippen LogP) is 12.2. The predicted molar refractivity (Wildman–Crippen MR) is 205 cm³/mol. The van der Waals surface area contributed by atoms with Crippen LogP contribution in [0.1, 0.15) is 0 Å². The topological polar surface area (TPSA) is 38.7 Å². The Kier molecular flexibility index (Phi) is 7.34. The maximum atomic E-state index is 5.01. The standard InChI is InChI=1S/C45H29N3S/c1-3-10-30(11-4-1)31-18-20-32(21-19-31)33-22-26-36(27-23-33)44-46-43(35-12-5-2-6-13-35)47-45(48-44)37-28-24-34(25-29-37)38-15-9-17-41-42(38)39-14-7-8-16-40(39)49-41/h1-29H. The van der Waals surface area contributed by atoms with Crippen molar-refractivity contribution in [2.75, 3.05) is 0 Å². The monoisotopic (exact) mass is 643 g/mol. The van der Waals surface area contributed by atoms with E-state index in [0.29, 0.717) is 17.5 Å². The summed E-state index contributed by atoms with van der Waals surface area (Å²) >= 11 is 1.84. The third-order valence-electron chi connectivity index (χ3n) is 8.99. The minimum absolute atomic E-state index is 0.647. The van der Waals surface area contributed by atoms with Gasteiger partial charge < -0.3 is 0 Å². The molecule has 0 aliphatic heterocycles. The van der Waals surface area contributed by atoms with Gasteiger partial charge >= 0.3 is 0 Å². The number of thiophene rings is 1. The molecule has 9 aromatic rings. The second-order valence-corrected chi connectivity index (χ2v) is 13.1. The molecule has 2 aromatic heterocycles. The first-order valence-corrected chi connectivity index (χ1v) is 17.2. The number of nitrogens with zero attached hydrogens (tertiary/aromatic N) is 3. The van der Waals surface area contributed by atoms with Crippen molar-refractivity contribution in [3.05, 3.63) is 176 Å². The molecule has 0 aliphatic rings. The third kappa shape index (κ3) is 5.58. The van der Waals surface area contributed by atoms with E-state index in [2.05, 4.69) is 140 Å². The van der Waals surface area contributed by atoms with Gasteiger partial charge in [0.25, 0.3) is 0 Å². The molecule has 0 saturated heterocycles. The molecule has 0 fully saturated rings. The molecule has 2 heterocycles. The summed E-state index contributed by atoms with van der Waals surface area (Å²) in [5.41, 5.74) is 9.98. The normalized spacial score (nSPS) is 11.3. The SMILES string of the molecule is c1ccc(-c2ccc(-c3ccc(-c4nc(-c5ccccc5)nc(-c5ccc(-c6cccc7sc8ccccc8c67)cc5)n4)cc3)cc2)cc1. The second-order valence-electron chi connectivity index (χ2n) is 12.0. The molecule has 0 radical (unpaired) electrons. The molecule has 0 unspecified atom stereocenters. The fourth-order valence-electron chi connectivity index (χ4n) is 6.46. The summed E-state index contributed by atoms with van der Waals surface area (Å²) in [7, 11) is 0. The molecule has 0 bridgehead atoms. The molecular weight excluding hydrogens is 615 g/mol. The molecule has 230 valence electrons. The molecule has 3 nitrogen and oxygen atoms in total. The van der Waals surface area contributed by atoms with Gasteiger partial charge in [-0.3, -0.25) is 0 Å². The summed E-state index contributed by atoms with van der Waals surface area (Å²) in [5.74, 6) is 1.95. The van der Waals surface area contributed by atoms with Gasteiger partial charge in [-0.25, -0.2) is 15.0 Å². The average Bonchev–Trinajstić information content (AvgIpc) is 3.58. The molecule has 7 aromatic carbocycles. The summed E-state index contributed by atoms with van der Waals surface area (Å²) in [4.78, 5) is 14.9. The minimum atomic E-state index is 0.647. The van der Waals surface area contributed by atoms with Gasteiger partial charge in [-0.1, -0.05) is 164 Å². The molecule has 0 saturated carbocycles. The van der Waals surface area contributed by atoms with Crippen LogP contribution < -0.4 is 0 Å². The average molecular weight is 644 g/mol.